The number of fused-ring (bicyclic) bond motifs is 1. The van der Waals surface area contributed by atoms with Gasteiger partial charge in [0.25, 0.3) is 0 Å². The van der Waals surface area contributed by atoms with Crippen molar-refractivity contribution in [2.45, 2.75) is 19.8 Å². The maximum absolute atomic E-state index is 4.21. The second kappa shape index (κ2) is 2.63. The van der Waals surface area contributed by atoms with Crippen molar-refractivity contribution in [2.75, 3.05) is 0 Å². The maximum Gasteiger partial charge on any atom is 0.0931 e. The molecule has 0 saturated heterocycles. The molecule has 12 heavy (non-hydrogen) atoms. The fourth-order valence-corrected chi connectivity index (χ4v) is 1.47. The van der Waals surface area contributed by atoms with Crippen LogP contribution in [0.5, 0.6) is 0 Å². The second-order valence-electron chi connectivity index (χ2n) is 3.30. The van der Waals surface area contributed by atoms with Crippen LogP contribution in [0.2, 0.25) is 0 Å². The van der Waals surface area contributed by atoms with Crippen molar-refractivity contribution in [2.24, 2.45) is 0 Å². The standard InChI is InChI=1S/C10H12N2/c1-7(2)8-4-3-5-9-10(8)12-6-11-9/h3-7H,1-2H3,(H,11,12). The predicted molar refractivity (Wildman–Crippen MR) is 50.2 cm³/mol. The summed E-state index contributed by atoms with van der Waals surface area (Å²) < 4.78 is 0. The maximum atomic E-state index is 4.21. The highest BCUT2D eigenvalue weighted by Gasteiger charge is 2.04. The Morgan fingerprint density at radius 1 is 1.33 bits per heavy atom. The van der Waals surface area contributed by atoms with Gasteiger partial charge >= 0.3 is 0 Å². The number of nitrogens with one attached hydrogen (secondary N) is 1. The number of nitrogens with zero attached hydrogens (tertiary/aromatic N) is 1. The number of benzene rings is 1. The third kappa shape index (κ3) is 0.998. The molecular weight excluding hydrogens is 148 g/mol. The Bertz CT molecular complexity index is 387. The van der Waals surface area contributed by atoms with Crippen LogP contribution in [0, 0.1) is 0 Å². The lowest BCUT2D eigenvalue weighted by atomic mass is 10.0. The topological polar surface area (TPSA) is 28.7 Å². The highest BCUT2D eigenvalue weighted by molar-refractivity contribution is 5.78. The van der Waals surface area contributed by atoms with Crippen molar-refractivity contribution in [1.29, 1.82) is 0 Å². The van der Waals surface area contributed by atoms with Crippen LogP contribution in [0.25, 0.3) is 11.0 Å². The summed E-state index contributed by atoms with van der Waals surface area (Å²) in [6, 6.07) is 6.22. The lowest BCUT2D eigenvalue weighted by Gasteiger charge is -2.04. The summed E-state index contributed by atoms with van der Waals surface area (Å²) in [6.45, 7) is 4.38. The van der Waals surface area contributed by atoms with Crippen LogP contribution in [-0.2, 0) is 0 Å². The van der Waals surface area contributed by atoms with Crippen LogP contribution >= 0.6 is 0 Å². The molecule has 62 valence electrons. The minimum Gasteiger partial charge on any atom is -0.344 e. The quantitative estimate of drug-likeness (QED) is 0.682. The minimum absolute atomic E-state index is 0.550. The molecule has 0 spiro atoms. The van der Waals surface area contributed by atoms with E-state index in [0.29, 0.717) is 5.92 Å². The van der Waals surface area contributed by atoms with E-state index in [0.717, 1.165) is 5.52 Å². The Labute approximate surface area is 71.6 Å². The fraction of sp³-hybridized carbons (Fsp3) is 0.300. The zero-order valence-electron chi connectivity index (χ0n) is 7.33. The van der Waals surface area contributed by atoms with Crippen molar-refractivity contribution in [3.63, 3.8) is 0 Å². The van der Waals surface area contributed by atoms with E-state index in [2.05, 4.69) is 35.9 Å². The van der Waals surface area contributed by atoms with Gasteiger partial charge in [-0.25, -0.2) is 4.98 Å². The molecule has 0 unspecified atom stereocenters. The number of para-hydroxylation sites is 1. The SMILES string of the molecule is CC(C)c1cccc2nc[nH]c12. The first-order chi connectivity index (χ1) is 5.79. The number of H-pyrrole nitrogens is 1. The van der Waals surface area contributed by atoms with Gasteiger partial charge in [0, 0.05) is 0 Å². The van der Waals surface area contributed by atoms with Gasteiger partial charge in [0.2, 0.25) is 0 Å². The van der Waals surface area contributed by atoms with Crippen molar-refractivity contribution < 1.29 is 0 Å². The monoisotopic (exact) mass is 160 g/mol. The van der Waals surface area contributed by atoms with E-state index < -0.39 is 0 Å². The average molecular weight is 160 g/mol. The van der Waals surface area contributed by atoms with Gasteiger partial charge in [-0.3, -0.25) is 0 Å². The van der Waals surface area contributed by atoms with E-state index in [9.17, 15) is 0 Å². The Hall–Kier alpha value is -1.31. The first-order valence-corrected chi connectivity index (χ1v) is 4.21. The van der Waals surface area contributed by atoms with E-state index in [1.54, 1.807) is 6.33 Å². The summed E-state index contributed by atoms with van der Waals surface area (Å²) >= 11 is 0. The summed E-state index contributed by atoms with van der Waals surface area (Å²) in [4.78, 5) is 7.36. The normalized spacial score (nSPS) is 11.2. The molecule has 0 amide bonds. The first-order valence-electron chi connectivity index (χ1n) is 4.21. The summed E-state index contributed by atoms with van der Waals surface area (Å²) in [5.41, 5.74) is 3.57. The minimum atomic E-state index is 0.550. The lowest BCUT2D eigenvalue weighted by Crippen LogP contribution is -1.88. The Kier molecular flexibility index (Phi) is 1.61. The van der Waals surface area contributed by atoms with E-state index in [1.807, 2.05) is 6.07 Å². The van der Waals surface area contributed by atoms with Crippen molar-refractivity contribution >= 4 is 11.0 Å². The van der Waals surface area contributed by atoms with Gasteiger partial charge in [-0.2, -0.15) is 0 Å². The molecule has 2 rings (SSSR count). The number of aromatic nitrogens is 2. The molecule has 1 N–H and O–H groups in total. The molecule has 2 nitrogen and oxygen atoms in total. The summed E-state index contributed by atoms with van der Waals surface area (Å²) in [5.74, 6) is 0.550. The van der Waals surface area contributed by atoms with Crippen LogP contribution < -0.4 is 0 Å². The van der Waals surface area contributed by atoms with Crippen molar-refractivity contribution in [3.05, 3.63) is 30.1 Å². The van der Waals surface area contributed by atoms with Gasteiger partial charge in [-0.05, 0) is 17.5 Å². The van der Waals surface area contributed by atoms with Crippen LogP contribution in [0.1, 0.15) is 25.3 Å². The number of rotatable bonds is 1. The largest absolute Gasteiger partial charge is 0.344 e. The van der Waals surface area contributed by atoms with Crippen molar-refractivity contribution in [1.82, 2.24) is 9.97 Å². The zero-order valence-corrected chi connectivity index (χ0v) is 7.33. The molecule has 0 atom stereocenters. The lowest BCUT2D eigenvalue weighted by molar-refractivity contribution is 0.873. The zero-order chi connectivity index (χ0) is 8.55. The molecular formula is C10H12N2. The molecule has 1 heterocycles. The Balaban J connectivity index is 2.73. The van der Waals surface area contributed by atoms with Gasteiger partial charge < -0.3 is 4.98 Å². The molecule has 0 bridgehead atoms. The summed E-state index contributed by atoms with van der Waals surface area (Å²) in [6.07, 6.45) is 1.75. The van der Waals surface area contributed by atoms with Crippen LogP contribution in [0.15, 0.2) is 24.5 Å². The van der Waals surface area contributed by atoms with Crippen LogP contribution in [0.4, 0.5) is 0 Å². The van der Waals surface area contributed by atoms with Crippen LogP contribution in [-0.4, -0.2) is 9.97 Å². The molecule has 1 aromatic carbocycles. The molecule has 0 fully saturated rings. The highest BCUT2D eigenvalue weighted by atomic mass is 14.9. The van der Waals surface area contributed by atoms with Crippen LogP contribution in [0.3, 0.4) is 0 Å². The number of hydrogen-bond donors (Lipinski definition) is 1. The van der Waals surface area contributed by atoms with Gasteiger partial charge in [-0.15, -0.1) is 0 Å². The first kappa shape index (κ1) is 7.35. The molecule has 0 aliphatic heterocycles. The van der Waals surface area contributed by atoms with Gasteiger partial charge in [-0.1, -0.05) is 26.0 Å². The molecule has 2 heteroatoms. The van der Waals surface area contributed by atoms with E-state index in [-0.39, 0.29) is 0 Å². The van der Waals surface area contributed by atoms with Gasteiger partial charge in [0.1, 0.15) is 0 Å². The third-order valence-corrected chi connectivity index (χ3v) is 2.11. The second-order valence-corrected chi connectivity index (χ2v) is 3.30. The van der Waals surface area contributed by atoms with E-state index in [4.69, 9.17) is 0 Å². The number of hydrogen-bond acceptors (Lipinski definition) is 1. The van der Waals surface area contributed by atoms with Gasteiger partial charge in [0.15, 0.2) is 0 Å². The fourth-order valence-electron chi connectivity index (χ4n) is 1.47. The molecule has 0 radical (unpaired) electrons. The van der Waals surface area contributed by atoms with Crippen molar-refractivity contribution in [3.8, 4) is 0 Å². The van der Waals surface area contributed by atoms with E-state index >= 15 is 0 Å². The Morgan fingerprint density at radius 2 is 2.17 bits per heavy atom. The average Bonchev–Trinajstić information content (AvgIpc) is 2.49. The molecule has 0 saturated carbocycles. The number of imidazole rings is 1. The molecule has 1 aromatic heterocycles. The smallest absolute Gasteiger partial charge is 0.0931 e. The summed E-state index contributed by atoms with van der Waals surface area (Å²) in [5, 5.41) is 0. The molecule has 0 aliphatic rings. The number of aromatic amines is 1. The Morgan fingerprint density at radius 3 is 2.92 bits per heavy atom. The summed E-state index contributed by atoms with van der Waals surface area (Å²) in [7, 11) is 0. The van der Waals surface area contributed by atoms with E-state index in [1.165, 1.54) is 11.1 Å². The highest BCUT2D eigenvalue weighted by Crippen LogP contribution is 2.21. The molecule has 2 aromatic rings. The predicted octanol–water partition coefficient (Wildman–Crippen LogP) is 2.69. The van der Waals surface area contributed by atoms with Gasteiger partial charge in [0.05, 0.1) is 17.4 Å². The third-order valence-electron chi connectivity index (χ3n) is 2.11. The molecule has 0 aliphatic carbocycles.